The Hall–Kier alpha value is -3.40. The van der Waals surface area contributed by atoms with Gasteiger partial charge in [0.2, 0.25) is 11.8 Å². The van der Waals surface area contributed by atoms with Crippen LogP contribution in [0, 0.1) is 0 Å². The summed E-state index contributed by atoms with van der Waals surface area (Å²) in [5, 5.41) is 3.60. The molecule has 8 nitrogen and oxygen atoms in total. The monoisotopic (exact) mass is 615 g/mol. The van der Waals surface area contributed by atoms with Crippen LogP contribution in [0.25, 0.3) is 0 Å². The fraction of sp³-hybridized carbons (Fsp3) is 0.300. The number of nitrogens with zero attached hydrogens (tertiary/aromatic N) is 2. The number of carbonyl (C=O) groups excluding carboxylic acids is 3. The quantitative estimate of drug-likeness (QED) is 0.306. The largest absolute Gasteiger partial charge is 0.354 e. The topological polar surface area (TPSA) is 104 Å². The summed E-state index contributed by atoms with van der Waals surface area (Å²) in [6, 6.07) is 19.6. The second-order valence-electron chi connectivity index (χ2n) is 9.75. The number of rotatable bonds is 12. The molecule has 3 aromatic rings. The minimum absolute atomic E-state index is 0.0342. The predicted octanol–water partition coefficient (Wildman–Crippen LogP) is 5.08. The zero-order chi connectivity index (χ0) is 29.6. The van der Waals surface area contributed by atoms with Gasteiger partial charge in [0, 0.05) is 32.5 Å². The van der Waals surface area contributed by atoms with Crippen LogP contribution in [0.15, 0.2) is 77.7 Å². The van der Waals surface area contributed by atoms with Crippen molar-refractivity contribution in [3.8, 4) is 0 Å². The molecule has 11 heteroatoms. The van der Waals surface area contributed by atoms with E-state index >= 15 is 0 Å². The molecule has 0 spiro atoms. The Morgan fingerprint density at radius 3 is 2.34 bits per heavy atom. The van der Waals surface area contributed by atoms with Gasteiger partial charge in [-0.1, -0.05) is 78.7 Å². The van der Waals surface area contributed by atoms with E-state index in [1.54, 1.807) is 30.3 Å². The van der Waals surface area contributed by atoms with Crippen molar-refractivity contribution in [1.29, 1.82) is 0 Å². The molecule has 1 N–H and O–H groups in total. The van der Waals surface area contributed by atoms with Crippen molar-refractivity contribution in [3.05, 3.63) is 99.5 Å². The Labute approximate surface area is 250 Å². The third-order valence-electron chi connectivity index (χ3n) is 6.82. The number of halogens is 2. The fourth-order valence-corrected chi connectivity index (χ4v) is 6.65. The molecule has 3 amide bonds. The molecule has 1 unspecified atom stereocenters. The van der Waals surface area contributed by atoms with Gasteiger partial charge in [-0.3, -0.25) is 14.4 Å². The first-order valence-electron chi connectivity index (χ1n) is 13.3. The number of amides is 3. The van der Waals surface area contributed by atoms with E-state index in [2.05, 4.69) is 5.32 Å². The lowest BCUT2D eigenvalue weighted by Crippen LogP contribution is -2.50. The standard InChI is InChI=1S/C30H31Cl2N3O5S/c1-2-16-33-29(37)26(19-21-9-4-3-5-10-21)34(20-22-14-15-24(31)25(32)18-22)28(36)13-8-17-35-30(38)23-11-6-7-12-27(23)41(35,39)40/h3-7,9-12,14-15,18,26H,2,8,13,16-17,19-20H2,1H3,(H,33,37). The lowest BCUT2D eigenvalue weighted by molar-refractivity contribution is -0.141. The van der Waals surface area contributed by atoms with E-state index in [-0.39, 0.29) is 54.6 Å². The van der Waals surface area contributed by atoms with Crippen LogP contribution in [0.2, 0.25) is 10.0 Å². The van der Waals surface area contributed by atoms with Gasteiger partial charge in [-0.2, -0.15) is 0 Å². The second-order valence-corrected chi connectivity index (χ2v) is 12.4. The molecule has 0 saturated carbocycles. The van der Waals surface area contributed by atoms with Gasteiger partial charge in [-0.25, -0.2) is 12.7 Å². The van der Waals surface area contributed by atoms with Crippen molar-refractivity contribution in [2.75, 3.05) is 13.1 Å². The minimum atomic E-state index is -3.98. The van der Waals surface area contributed by atoms with Gasteiger partial charge >= 0.3 is 0 Å². The lowest BCUT2D eigenvalue weighted by Gasteiger charge is -2.32. The molecule has 1 atom stereocenters. The van der Waals surface area contributed by atoms with Crippen LogP contribution in [-0.4, -0.2) is 54.5 Å². The number of hydrogen-bond donors (Lipinski definition) is 1. The number of nitrogens with one attached hydrogen (secondary N) is 1. The third kappa shape index (κ3) is 7.09. The average Bonchev–Trinajstić information content (AvgIpc) is 3.16. The van der Waals surface area contributed by atoms with Crippen LogP contribution in [0.1, 0.15) is 47.7 Å². The Morgan fingerprint density at radius 2 is 1.66 bits per heavy atom. The summed E-state index contributed by atoms with van der Waals surface area (Å²) < 4.78 is 26.7. The van der Waals surface area contributed by atoms with E-state index in [4.69, 9.17) is 23.2 Å². The minimum Gasteiger partial charge on any atom is -0.354 e. The van der Waals surface area contributed by atoms with Gasteiger partial charge in [-0.05, 0) is 48.2 Å². The highest BCUT2D eigenvalue weighted by molar-refractivity contribution is 7.90. The molecule has 1 heterocycles. The van der Waals surface area contributed by atoms with E-state index in [9.17, 15) is 22.8 Å². The Morgan fingerprint density at radius 1 is 0.951 bits per heavy atom. The number of hydrogen-bond acceptors (Lipinski definition) is 5. The normalized spacial score (nSPS) is 14.4. The first kappa shape index (κ1) is 30.6. The predicted molar refractivity (Wildman–Crippen MR) is 158 cm³/mol. The van der Waals surface area contributed by atoms with Crippen molar-refractivity contribution in [3.63, 3.8) is 0 Å². The van der Waals surface area contributed by atoms with Gasteiger partial charge in [0.15, 0.2) is 0 Å². The van der Waals surface area contributed by atoms with Crippen LogP contribution in [-0.2, 0) is 32.6 Å². The number of fused-ring (bicyclic) bond motifs is 1. The molecule has 41 heavy (non-hydrogen) atoms. The molecule has 1 aliphatic rings. The van der Waals surface area contributed by atoms with E-state index in [1.807, 2.05) is 37.3 Å². The van der Waals surface area contributed by atoms with Crippen LogP contribution < -0.4 is 5.32 Å². The number of carbonyl (C=O) groups is 3. The summed E-state index contributed by atoms with van der Waals surface area (Å²) in [7, 11) is -3.98. The molecule has 3 aromatic carbocycles. The highest BCUT2D eigenvalue weighted by Crippen LogP contribution is 2.30. The van der Waals surface area contributed by atoms with E-state index in [0.29, 0.717) is 22.2 Å². The Balaban J connectivity index is 1.57. The highest BCUT2D eigenvalue weighted by Gasteiger charge is 2.40. The maximum Gasteiger partial charge on any atom is 0.269 e. The maximum atomic E-state index is 13.8. The number of benzene rings is 3. The average molecular weight is 617 g/mol. The summed E-state index contributed by atoms with van der Waals surface area (Å²) in [5.41, 5.74) is 1.68. The Bertz CT molecular complexity index is 1530. The fourth-order valence-electron chi connectivity index (χ4n) is 4.72. The molecule has 4 rings (SSSR count). The number of sulfonamides is 1. The molecule has 0 bridgehead atoms. The van der Waals surface area contributed by atoms with Crippen LogP contribution in [0.3, 0.4) is 0 Å². The maximum absolute atomic E-state index is 13.8. The van der Waals surface area contributed by atoms with Crippen molar-refractivity contribution >= 4 is 50.9 Å². The first-order valence-corrected chi connectivity index (χ1v) is 15.5. The first-order chi connectivity index (χ1) is 19.6. The van der Waals surface area contributed by atoms with E-state index in [0.717, 1.165) is 16.3 Å². The van der Waals surface area contributed by atoms with Crippen LogP contribution >= 0.6 is 23.2 Å². The van der Waals surface area contributed by atoms with Crippen LogP contribution in [0.5, 0.6) is 0 Å². The highest BCUT2D eigenvalue weighted by atomic mass is 35.5. The van der Waals surface area contributed by atoms with Crippen molar-refractivity contribution in [2.45, 2.75) is 50.1 Å². The zero-order valence-corrected chi connectivity index (χ0v) is 24.9. The van der Waals surface area contributed by atoms with Crippen molar-refractivity contribution in [2.24, 2.45) is 0 Å². The van der Waals surface area contributed by atoms with Gasteiger partial charge < -0.3 is 10.2 Å². The smallest absolute Gasteiger partial charge is 0.269 e. The van der Waals surface area contributed by atoms with Gasteiger partial charge in [0.05, 0.1) is 15.6 Å². The molecular weight excluding hydrogens is 585 g/mol. The SMILES string of the molecule is CCCNC(=O)C(Cc1ccccc1)N(Cc1ccc(Cl)c(Cl)c1)C(=O)CCCN1C(=O)c2ccccc2S1(=O)=O. The zero-order valence-electron chi connectivity index (χ0n) is 22.6. The Kier molecular flexibility index (Phi) is 10.1. The van der Waals surface area contributed by atoms with Crippen molar-refractivity contribution < 1.29 is 22.8 Å². The molecular formula is C30H31Cl2N3O5S. The van der Waals surface area contributed by atoms with E-state index < -0.39 is 22.0 Å². The van der Waals surface area contributed by atoms with Gasteiger partial charge in [-0.15, -0.1) is 0 Å². The lowest BCUT2D eigenvalue weighted by atomic mass is 10.0. The second kappa shape index (κ2) is 13.5. The van der Waals surface area contributed by atoms with Crippen molar-refractivity contribution in [1.82, 2.24) is 14.5 Å². The third-order valence-corrected chi connectivity index (χ3v) is 9.40. The van der Waals surface area contributed by atoms with Crippen LogP contribution in [0.4, 0.5) is 0 Å². The van der Waals surface area contributed by atoms with Gasteiger partial charge in [0.25, 0.3) is 15.9 Å². The summed E-state index contributed by atoms with van der Waals surface area (Å²) in [5.74, 6) is -1.26. The summed E-state index contributed by atoms with van der Waals surface area (Å²) in [6.07, 6.45) is 1.01. The summed E-state index contributed by atoms with van der Waals surface area (Å²) >= 11 is 12.3. The molecule has 0 fully saturated rings. The molecule has 216 valence electrons. The molecule has 0 saturated heterocycles. The van der Waals surface area contributed by atoms with E-state index in [1.165, 1.54) is 17.0 Å². The molecule has 0 radical (unpaired) electrons. The summed E-state index contributed by atoms with van der Waals surface area (Å²) in [6.45, 7) is 2.32. The van der Waals surface area contributed by atoms with Gasteiger partial charge in [0.1, 0.15) is 10.9 Å². The molecule has 0 aromatic heterocycles. The molecule has 1 aliphatic heterocycles. The summed E-state index contributed by atoms with van der Waals surface area (Å²) in [4.78, 5) is 41.5. The molecule has 0 aliphatic carbocycles.